The van der Waals surface area contributed by atoms with Crippen molar-refractivity contribution in [1.82, 2.24) is 20.2 Å². The van der Waals surface area contributed by atoms with Crippen LogP contribution in [-0.4, -0.2) is 64.7 Å². The third-order valence-electron chi connectivity index (χ3n) is 4.80. The van der Waals surface area contributed by atoms with Gasteiger partial charge in [-0.3, -0.25) is 14.8 Å². The Morgan fingerprint density at radius 2 is 1.57 bits per heavy atom. The number of ether oxygens (including phenoxy) is 1. The van der Waals surface area contributed by atoms with E-state index in [0.29, 0.717) is 19.5 Å². The highest BCUT2D eigenvalue weighted by atomic mass is 16.6. The standard InChI is InChI=1S/C22H29N5O3/c1-22(2,3)30-21(29)25-19(16-17-4-8-23-9-5-17)20(28)27-14-12-26(13-15-27)18-6-10-24-11-7-18/h4-11,19H,12-16H2,1-3H3,(H,25,29)/t19-/m0/s1. The SMILES string of the molecule is CC(C)(C)OC(=O)N[C@@H](Cc1ccncc1)C(=O)N1CCN(c2ccncc2)CC1. The number of hydrogen-bond acceptors (Lipinski definition) is 6. The van der Waals surface area contributed by atoms with Crippen molar-refractivity contribution in [1.29, 1.82) is 0 Å². The first-order chi connectivity index (χ1) is 14.3. The number of nitrogens with zero attached hydrogens (tertiary/aromatic N) is 4. The fourth-order valence-corrected chi connectivity index (χ4v) is 3.36. The number of carbonyl (C=O) groups excluding carboxylic acids is 2. The lowest BCUT2D eigenvalue weighted by Crippen LogP contribution is -2.56. The Labute approximate surface area is 177 Å². The van der Waals surface area contributed by atoms with Crippen molar-refractivity contribution in [3.63, 3.8) is 0 Å². The molecule has 0 bridgehead atoms. The Morgan fingerprint density at radius 3 is 2.13 bits per heavy atom. The summed E-state index contributed by atoms with van der Waals surface area (Å²) in [6.07, 6.45) is 6.68. The van der Waals surface area contributed by atoms with E-state index in [4.69, 9.17) is 4.74 Å². The van der Waals surface area contributed by atoms with Crippen molar-refractivity contribution in [3.8, 4) is 0 Å². The molecule has 0 radical (unpaired) electrons. The van der Waals surface area contributed by atoms with Crippen LogP contribution in [0.1, 0.15) is 26.3 Å². The third kappa shape index (κ3) is 6.17. The van der Waals surface area contributed by atoms with Crippen molar-refractivity contribution in [2.24, 2.45) is 0 Å². The summed E-state index contributed by atoms with van der Waals surface area (Å²) in [4.78, 5) is 37.7. The molecular formula is C22H29N5O3. The van der Waals surface area contributed by atoms with Crippen LogP contribution >= 0.6 is 0 Å². The minimum absolute atomic E-state index is 0.105. The van der Waals surface area contributed by atoms with Gasteiger partial charge in [0.15, 0.2) is 0 Å². The molecule has 1 atom stereocenters. The second kappa shape index (κ2) is 9.56. The first-order valence-corrected chi connectivity index (χ1v) is 10.1. The van der Waals surface area contributed by atoms with Gasteiger partial charge >= 0.3 is 6.09 Å². The molecule has 2 aromatic rings. The van der Waals surface area contributed by atoms with E-state index in [1.165, 1.54) is 0 Å². The molecule has 2 amide bonds. The summed E-state index contributed by atoms with van der Waals surface area (Å²) in [6.45, 7) is 8.02. The van der Waals surface area contributed by atoms with E-state index in [1.54, 1.807) is 50.5 Å². The molecule has 1 fully saturated rings. The lowest BCUT2D eigenvalue weighted by molar-refractivity contribution is -0.133. The summed E-state index contributed by atoms with van der Waals surface area (Å²) in [5.74, 6) is -0.105. The molecule has 160 valence electrons. The molecule has 0 unspecified atom stereocenters. The van der Waals surface area contributed by atoms with Crippen LogP contribution in [-0.2, 0) is 16.0 Å². The van der Waals surface area contributed by atoms with E-state index in [0.717, 1.165) is 24.3 Å². The molecule has 0 aromatic carbocycles. The predicted octanol–water partition coefficient (Wildman–Crippen LogP) is 2.26. The van der Waals surface area contributed by atoms with Crippen LogP contribution in [0.4, 0.5) is 10.5 Å². The van der Waals surface area contributed by atoms with Crippen LogP contribution in [0.25, 0.3) is 0 Å². The zero-order chi connectivity index (χ0) is 21.6. The topological polar surface area (TPSA) is 87.7 Å². The number of aromatic nitrogens is 2. The van der Waals surface area contributed by atoms with Gasteiger partial charge in [-0.05, 0) is 50.6 Å². The Balaban J connectivity index is 1.66. The quantitative estimate of drug-likeness (QED) is 0.812. The highest BCUT2D eigenvalue weighted by Gasteiger charge is 2.30. The van der Waals surface area contributed by atoms with Gasteiger partial charge in [-0.1, -0.05) is 0 Å². The van der Waals surface area contributed by atoms with Crippen molar-refractivity contribution in [3.05, 3.63) is 54.6 Å². The molecule has 1 saturated heterocycles. The molecule has 3 rings (SSSR count). The second-order valence-electron chi connectivity index (χ2n) is 8.28. The number of rotatable bonds is 5. The molecule has 0 saturated carbocycles. The zero-order valence-electron chi connectivity index (χ0n) is 17.7. The number of anilines is 1. The van der Waals surface area contributed by atoms with Gasteiger partial charge in [0.05, 0.1) is 0 Å². The number of piperazine rings is 1. The summed E-state index contributed by atoms with van der Waals surface area (Å²) in [5, 5.41) is 2.77. The largest absolute Gasteiger partial charge is 0.444 e. The molecule has 1 aliphatic rings. The summed E-state index contributed by atoms with van der Waals surface area (Å²) >= 11 is 0. The van der Waals surface area contributed by atoms with Crippen LogP contribution in [0, 0.1) is 0 Å². The lowest BCUT2D eigenvalue weighted by atomic mass is 10.1. The van der Waals surface area contributed by atoms with Gasteiger partial charge in [0.1, 0.15) is 11.6 Å². The summed E-state index contributed by atoms with van der Waals surface area (Å²) in [5.41, 5.74) is 1.39. The smallest absolute Gasteiger partial charge is 0.408 e. The number of alkyl carbamates (subject to hydrolysis) is 1. The first kappa shape index (κ1) is 21.5. The van der Waals surface area contributed by atoms with E-state index >= 15 is 0 Å². The highest BCUT2D eigenvalue weighted by molar-refractivity contribution is 5.86. The summed E-state index contributed by atoms with van der Waals surface area (Å²) in [6, 6.07) is 6.92. The van der Waals surface area contributed by atoms with Crippen molar-refractivity contribution in [2.45, 2.75) is 38.8 Å². The molecule has 8 nitrogen and oxygen atoms in total. The molecule has 30 heavy (non-hydrogen) atoms. The van der Waals surface area contributed by atoms with Gasteiger partial charge in [-0.2, -0.15) is 0 Å². The number of carbonyl (C=O) groups is 2. The van der Waals surface area contributed by atoms with Crippen molar-refractivity contribution >= 4 is 17.7 Å². The Bertz CT molecular complexity index is 831. The maximum atomic E-state index is 13.3. The van der Waals surface area contributed by atoms with E-state index in [-0.39, 0.29) is 5.91 Å². The maximum absolute atomic E-state index is 13.3. The van der Waals surface area contributed by atoms with Gasteiger partial charge in [-0.25, -0.2) is 4.79 Å². The summed E-state index contributed by atoms with van der Waals surface area (Å²) in [7, 11) is 0. The molecule has 1 N–H and O–H groups in total. The fourth-order valence-electron chi connectivity index (χ4n) is 3.36. The minimum atomic E-state index is -0.699. The lowest BCUT2D eigenvalue weighted by Gasteiger charge is -2.37. The monoisotopic (exact) mass is 411 g/mol. The normalized spacial score (nSPS) is 15.4. The van der Waals surface area contributed by atoms with Crippen LogP contribution in [0.5, 0.6) is 0 Å². The zero-order valence-corrected chi connectivity index (χ0v) is 17.7. The molecule has 0 spiro atoms. The number of nitrogens with one attached hydrogen (secondary N) is 1. The van der Waals surface area contributed by atoms with Crippen LogP contribution in [0.15, 0.2) is 49.1 Å². The molecule has 8 heteroatoms. The third-order valence-corrected chi connectivity index (χ3v) is 4.80. The average Bonchev–Trinajstić information content (AvgIpc) is 2.73. The van der Waals surface area contributed by atoms with E-state index < -0.39 is 17.7 Å². The van der Waals surface area contributed by atoms with Crippen molar-refractivity contribution < 1.29 is 14.3 Å². The molecule has 1 aliphatic heterocycles. The first-order valence-electron chi connectivity index (χ1n) is 10.1. The highest BCUT2D eigenvalue weighted by Crippen LogP contribution is 2.16. The predicted molar refractivity (Wildman–Crippen MR) is 114 cm³/mol. The van der Waals surface area contributed by atoms with Gasteiger partial charge in [0, 0.05) is 63.1 Å². The van der Waals surface area contributed by atoms with Gasteiger partial charge in [0.2, 0.25) is 5.91 Å². The number of hydrogen-bond donors (Lipinski definition) is 1. The number of pyridine rings is 2. The van der Waals surface area contributed by atoms with Crippen molar-refractivity contribution in [2.75, 3.05) is 31.1 Å². The molecule has 3 heterocycles. The minimum Gasteiger partial charge on any atom is -0.444 e. The van der Waals surface area contributed by atoms with Gasteiger partial charge < -0.3 is 19.9 Å². The van der Waals surface area contributed by atoms with E-state index in [9.17, 15) is 9.59 Å². The molecule has 0 aliphatic carbocycles. The molecular weight excluding hydrogens is 382 g/mol. The number of amides is 2. The maximum Gasteiger partial charge on any atom is 0.408 e. The van der Waals surface area contributed by atoms with E-state index in [2.05, 4.69) is 20.2 Å². The van der Waals surface area contributed by atoms with Gasteiger partial charge in [0.25, 0.3) is 0 Å². The van der Waals surface area contributed by atoms with Crippen LogP contribution in [0.2, 0.25) is 0 Å². The fraction of sp³-hybridized carbons (Fsp3) is 0.455. The Kier molecular flexibility index (Phi) is 6.87. The summed E-state index contributed by atoms with van der Waals surface area (Å²) < 4.78 is 5.37. The average molecular weight is 412 g/mol. The van der Waals surface area contributed by atoms with Crippen LogP contribution in [0.3, 0.4) is 0 Å². The van der Waals surface area contributed by atoms with E-state index in [1.807, 2.05) is 24.3 Å². The second-order valence-corrected chi connectivity index (χ2v) is 8.28. The Morgan fingerprint density at radius 1 is 1.00 bits per heavy atom. The Hall–Kier alpha value is -3.16. The van der Waals surface area contributed by atoms with Gasteiger partial charge in [-0.15, -0.1) is 0 Å². The van der Waals surface area contributed by atoms with Crippen LogP contribution < -0.4 is 10.2 Å². The molecule has 2 aromatic heterocycles.